The van der Waals surface area contributed by atoms with E-state index in [0.717, 1.165) is 0 Å². The van der Waals surface area contributed by atoms with Gasteiger partial charge in [0.1, 0.15) is 17.1 Å². The van der Waals surface area contributed by atoms with Crippen LogP contribution in [0.25, 0.3) is 5.69 Å². The second kappa shape index (κ2) is 10.1. The Balaban J connectivity index is 1.43. The first-order valence-corrected chi connectivity index (χ1v) is 11.0. The van der Waals surface area contributed by atoms with Crippen LogP contribution < -0.4 is 16.0 Å². The summed E-state index contributed by atoms with van der Waals surface area (Å²) in [6.45, 7) is 1.23. The van der Waals surface area contributed by atoms with E-state index < -0.39 is 11.6 Å². The fraction of sp³-hybridized carbons (Fsp3) is 0.273. The van der Waals surface area contributed by atoms with Crippen molar-refractivity contribution < 1.29 is 23.4 Å². The molecule has 13 heteroatoms. The number of methoxy groups -OCH3 is 1. The Kier molecular flexibility index (Phi) is 6.96. The standard InChI is InChI=1S/C22H23F2N7O3S/c1-34-22(35)26-11-14-12-31(28-27-14)15-9-16(23)20(17(24)10-15)29-4-6-30(7-5-29)21(33)13-2-3-18(25)19(32)8-13/h2-3,8-10,12,32H,4-7,11,25H2,1H3,(H,26,35). The monoisotopic (exact) mass is 503 g/mol. The molecule has 0 atom stereocenters. The topological polar surface area (TPSA) is 122 Å². The second-order valence-corrected chi connectivity index (χ2v) is 8.18. The van der Waals surface area contributed by atoms with E-state index in [0.29, 0.717) is 11.3 Å². The largest absolute Gasteiger partial charge is 0.506 e. The Labute approximate surface area is 204 Å². The number of hydrogen-bond donors (Lipinski definition) is 3. The summed E-state index contributed by atoms with van der Waals surface area (Å²) in [5.41, 5.74) is 6.56. The third-order valence-corrected chi connectivity index (χ3v) is 5.88. The van der Waals surface area contributed by atoms with Crippen LogP contribution in [-0.4, -0.2) is 69.4 Å². The Morgan fingerprint density at radius 1 is 1.20 bits per heavy atom. The smallest absolute Gasteiger partial charge is 0.256 e. The van der Waals surface area contributed by atoms with Gasteiger partial charge in [-0.15, -0.1) is 5.10 Å². The molecule has 1 fully saturated rings. The number of nitrogens with zero attached hydrogens (tertiary/aromatic N) is 5. The lowest BCUT2D eigenvalue weighted by Crippen LogP contribution is -2.49. The average Bonchev–Trinajstić information content (AvgIpc) is 3.33. The summed E-state index contributed by atoms with van der Waals surface area (Å²) in [5.74, 6) is -1.97. The van der Waals surface area contributed by atoms with Gasteiger partial charge in [0.2, 0.25) is 0 Å². The van der Waals surface area contributed by atoms with Gasteiger partial charge in [0.25, 0.3) is 11.1 Å². The number of thiocarbonyl (C=S) groups is 1. The number of hydrogen-bond acceptors (Lipinski definition) is 8. The molecule has 0 unspecified atom stereocenters. The van der Waals surface area contributed by atoms with E-state index in [1.807, 2.05) is 0 Å². The lowest BCUT2D eigenvalue weighted by atomic mass is 10.1. The maximum absolute atomic E-state index is 15.0. The number of halogens is 2. The van der Waals surface area contributed by atoms with Crippen molar-refractivity contribution in [3.05, 3.63) is 59.4 Å². The number of carbonyl (C=O) groups is 1. The van der Waals surface area contributed by atoms with Gasteiger partial charge in [-0.3, -0.25) is 4.79 Å². The quantitative estimate of drug-likeness (QED) is 0.272. The number of nitrogens with two attached hydrogens (primary N) is 1. The van der Waals surface area contributed by atoms with Crippen LogP contribution in [0.3, 0.4) is 0 Å². The molecule has 1 aliphatic rings. The Bertz CT molecular complexity index is 1240. The number of nitrogen functional groups attached to an aromatic ring is 1. The Morgan fingerprint density at radius 3 is 2.51 bits per heavy atom. The number of aromatic hydroxyl groups is 1. The van der Waals surface area contributed by atoms with Crippen LogP contribution in [0.1, 0.15) is 16.1 Å². The van der Waals surface area contributed by atoms with Gasteiger partial charge in [-0.25, -0.2) is 13.5 Å². The molecule has 0 radical (unpaired) electrons. The second-order valence-electron chi connectivity index (χ2n) is 7.81. The van der Waals surface area contributed by atoms with Gasteiger partial charge in [-0.05, 0) is 30.4 Å². The van der Waals surface area contributed by atoms with E-state index >= 15 is 0 Å². The highest BCUT2D eigenvalue weighted by Gasteiger charge is 2.26. The van der Waals surface area contributed by atoms with Crippen molar-refractivity contribution >= 4 is 34.7 Å². The predicted molar refractivity (Wildman–Crippen MR) is 128 cm³/mol. The van der Waals surface area contributed by atoms with Gasteiger partial charge in [-0.1, -0.05) is 5.21 Å². The molecule has 2 heterocycles. The summed E-state index contributed by atoms with van der Waals surface area (Å²) in [6.07, 6.45) is 1.53. The van der Waals surface area contributed by atoms with Crippen LogP contribution in [0.5, 0.6) is 5.75 Å². The number of amides is 1. The van der Waals surface area contributed by atoms with E-state index in [2.05, 4.69) is 15.6 Å². The number of anilines is 2. The molecule has 0 spiro atoms. The van der Waals surface area contributed by atoms with E-state index in [1.54, 1.807) is 9.80 Å². The van der Waals surface area contributed by atoms with Gasteiger partial charge >= 0.3 is 0 Å². The van der Waals surface area contributed by atoms with Crippen LogP contribution in [0, 0.1) is 11.6 Å². The Hall–Kier alpha value is -4.00. The van der Waals surface area contributed by atoms with E-state index in [1.165, 1.54) is 48.3 Å². The molecule has 1 amide bonds. The third-order valence-electron chi connectivity index (χ3n) is 5.57. The highest BCUT2D eigenvalue weighted by Crippen LogP contribution is 2.28. The maximum atomic E-state index is 15.0. The van der Waals surface area contributed by atoms with E-state index in [9.17, 15) is 18.7 Å². The van der Waals surface area contributed by atoms with Gasteiger partial charge < -0.3 is 30.7 Å². The molecular weight excluding hydrogens is 480 g/mol. The van der Waals surface area contributed by atoms with Gasteiger partial charge in [0.05, 0.1) is 31.2 Å². The number of piperazine rings is 1. The van der Waals surface area contributed by atoms with Gasteiger partial charge in [0, 0.05) is 43.9 Å². The van der Waals surface area contributed by atoms with Crippen molar-refractivity contribution in [1.29, 1.82) is 0 Å². The highest BCUT2D eigenvalue weighted by atomic mass is 32.1. The first-order valence-electron chi connectivity index (χ1n) is 10.6. The first-order chi connectivity index (χ1) is 16.8. The number of carbonyl (C=O) groups excluding carboxylic acids is 1. The van der Waals surface area contributed by atoms with E-state index in [4.69, 9.17) is 22.7 Å². The number of ether oxygens (including phenoxy) is 1. The number of benzene rings is 2. The van der Waals surface area contributed by atoms with Crippen LogP contribution in [0.2, 0.25) is 0 Å². The molecule has 0 saturated carbocycles. The summed E-state index contributed by atoms with van der Waals surface area (Å²) >= 11 is 4.89. The molecule has 35 heavy (non-hydrogen) atoms. The third kappa shape index (κ3) is 5.24. The summed E-state index contributed by atoms with van der Waals surface area (Å²) in [4.78, 5) is 15.8. The fourth-order valence-corrected chi connectivity index (χ4v) is 3.79. The van der Waals surface area contributed by atoms with Crippen molar-refractivity contribution in [2.45, 2.75) is 6.54 Å². The molecule has 3 aromatic rings. The average molecular weight is 504 g/mol. The maximum Gasteiger partial charge on any atom is 0.256 e. The Morgan fingerprint density at radius 2 is 1.89 bits per heavy atom. The van der Waals surface area contributed by atoms with Crippen LogP contribution >= 0.6 is 12.2 Å². The van der Waals surface area contributed by atoms with Crippen molar-refractivity contribution in [1.82, 2.24) is 25.2 Å². The molecule has 1 aliphatic heterocycles. The summed E-state index contributed by atoms with van der Waals surface area (Å²) in [6, 6.07) is 6.64. The normalized spacial score (nSPS) is 13.6. The number of aromatic nitrogens is 3. The molecule has 0 bridgehead atoms. The molecular formula is C22H23F2N7O3S. The minimum atomic E-state index is -0.751. The predicted octanol–water partition coefficient (Wildman–Crippen LogP) is 1.82. The van der Waals surface area contributed by atoms with Crippen LogP contribution in [0.4, 0.5) is 20.2 Å². The zero-order chi connectivity index (χ0) is 25.1. The van der Waals surface area contributed by atoms with Crippen molar-refractivity contribution in [2.24, 2.45) is 0 Å². The lowest BCUT2D eigenvalue weighted by Gasteiger charge is -2.36. The van der Waals surface area contributed by atoms with Crippen molar-refractivity contribution in [2.75, 3.05) is 43.9 Å². The van der Waals surface area contributed by atoms with Gasteiger partial charge in [-0.2, -0.15) is 0 Å². The van der Waals surface area contributed by atoms with Gasteiger partial charge in [0.15, 0.2) is 11.6 Å². The molecule has 2 aromatic carbocycles. The molecule has 1 aromatic heterocycles. The minimum Gasteiger partial charge on any atom is -0.506 e. The number of phenolic OH excluding ortho intramolecular Hbond substituents is 1. The molecule has 4 N–H and O–H groups in total. The van der Waals surface area contributed by atoms with Crippen LogP contribution in [0.15, 0.2) is 36.5 Å². The fourth-order valence-electron chi connectivity index (χ4n) is 3.72. The zero-order valence-corrected chi connectivity index (χ0v) is 19.6. The molecule has 1 saturated heterocycles. The number of nitrogens with one attached hydrogen (secondary N) is 1. The highest BCUT2D eigenvalue weighted by molar-refractivity contribution is 7.80. The van der Waals surface area contributed by atoms with Crippen LogP contribution in [-0.2, 0) is 11.3 Å². The zero-order valence-electron chi connectivity index (χ0n) is 18.7. The minimum absolute atomic E-state index is 0.168. The summed E-state index contributed by atoms with van der Waals surface area (Å²) < 4.78 is 36.1. The summed E-state index contributed by atoms with van der Waals surface area (Å²) in [7, 11) is 1.43. The van der Waals surface area contributed by atoms with E-state index in [-0.39, 0.29) is 66.6 Å². The molecule has 10 nitrogen and oxygen atoms in total. The number of rotatable bonds is 5. The molecule has 4 rings (SSSR count). The first kappa shape index (κ1) is 24.1. The van der Waals surface area contributed by atoms with Crippen molar-refractivity contribution in [3.63, 3.8) is 0 Å². The molecule has 0 aliphatic carbocycles. The molecule has 184 valence electrons. The lowest BCUT2D eigenvalue weighted by molar-refractivity contribution is 0.0746. The van der Waals surface area contributed by atoms with Crippen molar-refractivity contribution in [3.8, 4) is 11.4 Å². The summed E-state index contributed by atoms with van der Waals surface area (Å²) in [5, 5.41) is 20.6. The SMILES string of the molecule is COC(=S)NCc1cn(-c2cc(F)c(N3CCN(C(=O)c4ccc(N)c(O)c4)CC3)c(F)c2)nn1. The number of phenols is 1.